The fourth-order valence-electron chi connectivity index (χ4n) is 2.74. The van der Waals surface area contributed by atoms with Crippen LogP contribution in [-0.2, 0) is 0 Å². The van der Waals surface area contributed by atoms with Crippen LogP contribution >= 0.6 is 11.3 Å². The highest BCUT2D eigenvalue weighted by atomic mass is 32.1. The molecule has 1 saturated heterocycles. The molecule has 1 aliphatic rings. The van der Waals surface area contributed by atoms with Crippen LogP contribution in [0.2, 0.25) is 0 Å². The van der Waals surface area contributed by atoms with E-state index in [2.05, 4.69) is 4.98 Å². The monoisotopic (exact) mass is 328 g/mol. The number of carbonyl (C=O) groups is 1. The van der Waals surface area contributed by atoms with E-state index in [1.807, 2.05) is 38.1 Å². The topological polar surface area (TPSA) is 55.6 Å². The van der Waals surface area contributed by atoms with Gasteiger partial charge in [0, 0.05) is 0 Å². The predicted molar refractivity (Wildman–Crippen MR) is 88.1 cm³/mol. The molecule has 3 heterocycles. The molecule has 0 bridgehead atoms. The average molecular weight is 328 g/mol. The Morgan fingerprint density at radius 1 is 1.35 bits per heavy atom. The zero-order chi connectivity index (χ0) is 16.0. The second-order valence-corrected chi connectivity index (χ2v) is 6.72. The van der Waals surface area contributed by atoms with Gasteiger partial charge in [0.25, 0.3) is 11.1 Å². The second-order valence-electron chi connectivity index (χ2n) is 5.72. The smallest absolute Gasteiger partial charge is 0.274 e. The van der Waals surface area contributed by atoms with E-state index in [0.717, 1.165) is 16.0 Å². The normalized spacial score (nSPS) is 15.0. The van der Waals surface area contributed by atoms with Gasteiger partial charge in [0.2, 0.25) is 0 Å². The molecule has 4 rings (SSSR count). The lowest BCUT2D eigenvalue weighted by molar-refractivity contribution is 0.0176. The molecule has 0 N–H and O–H groups in total. The van der Waals surface area contributed by atoms with Gasteiger partial charge >= 0.3 is 0 Å². The van der Waals surface area contributed by atoms with E-state index in [4.69, 9.17) is 9.15 Å². The quantitative estimate of drug-likeness (QED) is 0.739. The Hall–Kier alpha value is -2.34. The van der Waals surface area contributed by atoms with Gasteiger partial charge in [0.15, 0.2) is 0 Å². The summed E-state index contributed by atoms with van der Waals surface area (Å²) in [5.41, 5.74) is 1.59. The molecule has 0 saturated carbocycles. The van der Waals surface area contributed by atoms with Crippen molar-refractivity contribution in [3.63, 3.8) is 0 Å². The van der Waals surface area contributed by atoms with Crippen molar-refractivity contribution in [2.24, 2.45) is 0 Å². The SMILES string of the molecule is Cc1cc(C(=O)N2CC(Oc3nc4ccccc4s3)C2)c(C)o1. The number of rotatable bonds is 3. The number of benzene rings is 1. The summed E-state index contributed by atoms with van der Waals surface area (Å²) in [5, 5.41) is 0.665. The molecule has 0 aliphatic carbocycles. The minimum atomic E-state index is 0.00324. The highest BCUT2D eigenvalue weighted by Gasteiger charge is 2.34. The van der Waals surface area contributed by atoms with Gasteiger partial charge < -0.3 is 14.1 Å². The number of para-hydroxylation sites is 1. The summed E-state index contributed by atoms with van der Waals surface area (Å²) in [5.74, 6) is 1.43. The highest BCUT2D eigenvalue weighted by Crippen LogP contribution is 2.29. The minimum Gasteiger partial charge on any atom is -0.466 e. The average Bonchev–Trinajstić information content (AvgIpc) is 3.04. The van der Waals surface area contributed by atoms with Crippen LogP contribution < -0.4 is 4.74 Å². The van der Waals surface area contributed by atoms with Crippen molar-refractivity contribution in [2.75, 3.05) is 13.1 Å². The van der Waals surface area contributed by atoms with Crippen LogP contribution in [0, 0.1) is 13.8 Å². The van der Waals surface area contributed by atoms with Gasteiger partial charge in [-0.1, -0.05) is 23.5 Å². The Kier molecular flexibility index (Phi) is 3.34. The number of nitrogens with zero attached hydrogens (tertiary/aromatic N) is 2. The maximum absolute atomic E-state index is 12.4. The van der Waals surface area contributed by atoms with E-state index in [0.29, 0.717) is 29.6 Å². The first-order chi connectivity index (χ1) is 11.1. The van der Waals surface area contributed by atoms with Crippen molar-refractivity contribution in [3.05, 3.63) is 47.4 Å². The fraction of sp³-hybridized carbons (Fsp3) is 0.294. The number of aromatic nitrogens is 1. The lowest BCUT2D eigenvalue weighted by Gasteiger charge is -2.38. The Morgan fingerprint density at radius 3 is 2.83 bits per heavy atom. The van der Waals surface area contributed by atoms with Crippen LogP contribution in [-0.4, -0.2) is 35.0 Å². The molecule has 3 aromatic rings. The summed E-state index contributed by atoms with van der Waals surface area (Å²) < 4.78 is 12.4. The summed E-state index contributed by atoms with van der Waals surface area (Å²) >= 11 is 1.53. The van der Waals surface area contributed by atoms with E-state index in [9.17, 15) is 4.79 Å². The second kappa shape index (κ2) is 5.38. The third-order valence-electron chi connectivity index (χ3n) is 3.95. The lowest BCUT2D eigenvalue weighted by Crippen LogP contribution is -2.56. The molecular formula is C17H16N2O3S. The molecule has 0 unspecified atom stereocenters. The Balaban J connectivity index is 1.39. The number of hydrogen-bond acceptors (Lipinski definition) is 5. The first-order valence-corrected chi connectivity index (χ1v) is 8.30. The highest BCUT2D eigenvalue weighted by molar-refractivity contribution is 7.20. The van der Waals surface area contributed by atoms with Crippen molar-refractivity contribution in [1.29, 1.82) is 0 Å². The van der Waals surface area contributed by atoms with E-state index >= 15 is 0 Å². The Labute approximate surface area is 137 Å². The van der Waals surface area contributed by atoms with Crippen LogP contribution in [0.15, 0.2) is 34.7 Å². The maximum Gasteiger partial charge on any atom is 0.274 e. The van der Waals surface area contributed by atoms with Gasteiger partial charge in [0.05, 0.1) is 28.9 Å². The van der Waals surface area contributed by atoms with Gasteiger partial charge in [-0.05, 0) is 32.0 Å². The molecule has 2 aromatic heterocycles. The van der Waals surface area contributed by atoms with Crippen molar-refractivity contribution in [1.82, 2.24) is 9.88 Å². The molecule has 0 atom stereocenters. The largest absolute Gasteiger partial charge is 0.466 e. The molecule has 1 amide bonds. The van der Waals surface area contributed by atoms with E-state index in [-0.39, 0.29) is 12.0 Å². The number of furan rings is 1. The van der Waals surface area contributed by atoms with Crippen molar-refractivity contribution >= 4 is 27.5 Å². The molecule has 23 heavy (non-hydrogen) atoms. The predicted octanol–water partition coefficient (Wildman–Crippen LogP) is 3.41. The molecule has 5 nitrogen and oxygen atoms in total. The summed E-state index contributed by atoms with van der Waals surface area (Å²) in [7, 11) is 0. The fourth-order valence-corrected chi connectivity index (χ4v) is 3.62. The number of thiazole rings is 1. The van der Waals surface area contributed by atoms with E-state index in [1.165, 1.54) is 11.3 Å². The van der Waals surface area contributed by atoms with Gasteiger partial charge in [-0.2, -0.15) is 0 Å². The third kappa shape index (κ3) is 2.59. The van der Waals surface area contributed by atoms with Crippen LogP contribution in [0.4, 0.5) is 0 Å². The lowest BCUT2D eigenvalue weighted by atomic mass is 10.1. The standard InChI is InChI=1S/C17H16N2O3S/c1-10-7-13(11(2)21-10)16(20)19-8-12(9-19)22-17-18-14-5-3-4-6-15(14)23-17/h3-7,12H,8-9H2,1-2H3. The number of hydrogen-bond donors (Lipinski definition) is 0. The molecule has 0 radical (unpaired) electrons. The third-order valence-corrected chi connectivity index (χ3v) is 4.88. The van der Waals surface area contributed by atoms with Gasteiger partial charge in [0.1, 0.15) is 17.6 Å². The molecule has 118 valence electrons. The Bertz CT molecular complexity index is 844. The summed E-state index contributed by atoms with van der Waals surface area (Å²) in [6.45, 7) is 4.82. The maximum atomic E-state index is 12.4. The number of aryl methyl sites for hydroxylation is 2. The van der Waals surface area contributed by atoms with Crippen molar-refractivity contribution in [3.8, 4) is 5.19 Å². The van der Waals surface area contributed by atoms with E-state index in [1.54, 1.807) is 11.0 Å². The first-order valence-electron chi connectivity index (χ1n) is 7.48. The first kappa shape index (κ1) is 14.3. The molecule has 1 fully saturated rings. The molecule has 1 aromatic carbocycles. The number of amides is 1. The number of fused-ring (bicyclic) bond motifs is 1. The number of carbonyl (C=O) groups excluding carboxylic acids is 1. The van der Waals surface area contributed by atoms with Gasteiger partial charge in [-0.3, -0.25) is 4.79 Å². The van der Waals surface area contributed by atoms with Crippen molar-refractivity contribution < 1.29 is 13.9 Å². The molecular weight excluding hydrogens is 312 g/mol. The molecule has 0 spiro atoms. The van der Waals surface area contributed by atoms with Crippen LogP contribution in [0.25, 0.3) is 10.2 Å². The van der Waals surface area contributed by atoms with Crippen molar-refractivity contribution in [2.45, 2.75) is 20.0 Å². The van der Waals surface area contributed by atoms with E-state index < -0.39 is 0 Å². The molecule has 1 aliphatic heterocycles. The summed E-state index contributed by atoms with van der Waals surface area (Å²) in [6.07, 6.45) is 0.00724. The summed E-state index contributed by atoms with van der Waals surface area (Å²) in [6, 6.07) is 9.74. The molecule has 6 heteroatoms. The van der Waals surface area contributed by atoms with Crippen LogP contribution in [0.1, 0.15) is 21.9 Å². The van der Waals surface area contributed by atoms with Crippen LogP contribution in [0.3, 0.4) is 0 Å². The van der Waals surface area contributed by atoms with Gasteiger partial charge in [-0.25, -0.2) is 4.98 Å². The number of ether oxygens (including phenoxy) is 1. The van der Waals surface area contributed by atoms with Gasteiger partial charge in [-0.15, -0.1) is 0 Å². The Morgan fingerprint density at radius 2 is 2.13 bits per heavy atom. The minimum absolute atomic E-state index is 0.00324. The zero-order valence-corrected chi connectivity index (χ0v) is 13.7. The zero-order valence-electron chi connectivity index (χ0n) is 12.9. The summed E-state index contributed by atoms with van der Waals surface area (Å²) in [4.78, 5) is 18.6. The van der Waals surface area contributed by atoms with Crippen LogP contribution in [0.5, 0.6) is 5.19 Å². The number of likely N-dealkylation sites (tertiary alicyclic amines) is 1.